The van der Waals surface area contributed by atoms with Crippen molar-refractivity contribution in [2.75, 3.05) is 12.4 Å². The molecule has 6 nitrogen and oxygen atoms in total. The van der Waals surface area contributed by atoms with Crippen LogP contribution in [0.1, 0.15) is 20.7 Å². The summed E-state index contributed by atoms with van der Waals surface area (Å²) in [5.74, 6) is -1.24. The van der Waals surface area contributed by atoms with Crippen molar-refractivity contribution in [2.45, 2.75) is 0 Å². The van der Waals surface area contributed by atoms with Crippen LogP contribution < -0.4 is 20.5 Å². The maximum atomic E-state index is 13.5. The number of nitrogens with one attached hydrogen (secondary N) is 1. The van der Waals surface area contributed by atoms with E-state index in [2.05, 4.69) is 5.32 Å². The van der Waals surface area contributed by atoms with Gasteiger partial charge in [-0.1, -0.05) is 23.2 Å². The standard InChI is InChI=1S/C21H15Cl2FN2O4/c1-29-19-8-12(24)4-7-17(19)30-18-10-16(23)15(22)9-14(18)21(28)26-13-5-2-11(3-6-13)20(25)27/h2-10H,1H3,(H2,25,27)(H,26,28). The number of ether oxygens (including phenoxy) is 2. The minimum atomic E-state index is -0.582. The molecule has 0 aromatic heterocycles. The number of rotatable bonds is 6. The highest BCUT2D eigenvalue weighted by molar-refractivity contribution is 6.42. The fraction of sp³-hybridized carbons (Fsp3) is 0.0476. The molecule has 3 aromatic rings. The number of carbonyl (C=O) groups is 2. The summed E-state index contributed by atoms with van der Waals surface area (Å²) in [6.45, 7) is 0. The van der Waals surface area contributed by atoms with Gasteiger partial charge in [-0.3, -0.25) is 9.59 Å². The van der Waals surface area contributed by atoms with Gasteiger partial charge in [-0.05, 0) is 42.5 Å². The topological polar surface area (TPSA) is 90.7 Å². The first-order chi connectivity index (χ1) is 14.3. The van der Waals surface area contributed by atoms with Crippen molar-refractivity contribution in [3.05, 3.63) is 81.6 Å². The highest BCUT2D eigenvalue weighted by atomic mass is 35.5. The van der Waals surface area contributed by atoms with Gasteiger partial charge in [-0.2, -0.15) is 0 Å². The number of benzene rings is 3. The fourth-order valence-corrected chi connectivity index (χ4v) is 2.87. The molecule has 3 rings (SSSR count). The molecule has 0 fully saturated rings. The molecule has 0 bridgehead atoms. The molecule has 0 atom stereocenters. The molecular formula is C21H15Cl2FN2O4. The summed E-state index contributed by atoms with van der Waals surface area (Å²) in [5.41, 5.74) is 6.01. The molecule has 0 saturated carbocycles. The van der Waals surface area contributed by atoms with E-state index in [1.54, 1.807) is 0 Å². The second-order valence-electron chi connectivity index (χ2n) is 6.06. The predicted octanol–water partition coefficient (Wildman–Crippen LogP) is 5.28. The Balaban J connectivity index is 1.93. The maximum Gasteiger partial charge on any atom is 0.259 e. The molecule has 3 N–H and O–H groups in total. The monoisotopic (exact) mass is 448 g/mol. The zero-order chi connectivity index (χ0) is 21.8. The summed E-state index contributed by atoms with van der Waals surface area (Å²) in [6, 6.07) is 12.4. The number of nitrogens with two attached hydrogens (primary N) is 1. The second-order valence-corrected chi connectivity index (χ2v) is 6.87. The molecule has 3 aromatic carbocycles. The Hall–Kier alpha value is -3.29. The molecule has 0 aliphatic rings. The van der Waals surface area contributed by atoms with Crippen molar-refractivity contribution < 1.29 is 23.5 Å². The van der Waals surface area contributed by atoms with Crippen molar-refractivity contribution in [2.24, 2.45) is 5.73 Å². The Labute approximate surface area is 181 Å². The average molecular weight is 449 g/mol. The molecule has 2 amide bonds. The van der Waals surface area contributed by atoms with Crippen LogP contribution in [0.2, 0.25) is 10.0 Å². The maximum absolute atomic E-state index is 13.5. The summed E-state index contributed by atoms with van der Waals surface area (Å²) in [4.78, 5) is 24.0. The minimum absolute atomic E-state index is 0.0785. The van der Waals surface area contributed by atoms with E-state index in [9.17, 15) is 14.0 Å². The largest absolute Gasteiger partial charge is 0.493 e. The number of methoxy groups -OCH3 is 1. The third-order valence-electron chi connectivity index (χ3n) is 4.04. The lowest BCUT2D eigenvalue weighted by atomic mass is 10.1. The minimum Gasteiger partial charge on any atom is -0.493 e. The Bertz CT molecular complexity index is 1120. The van der Waals surface area contributed by atoms with E-state index in [-0.39, 0.29) is 32.9 Å². The molecule has 0 spiro atoms. The second kappa shape index (κ2) is 9.02. The Morgan fingerprint density at radius 2 is 1.60 bits per heavy atom. The molecular weight excluding hydrogens is 434 g/mol. The fourth-order valence-electron chi connectivity index (χ4n) is 2.55. The Kier molecular flexibility index (Phi) is 6.44. The zero-order valence-electron chi connectivity index (χ0n) is 15.5. The molecule has 0 aliphatic carbocycles. The first-order valence-electron chi connectivity index (χ1n) is 8.50. The van der Waals surface area contributed by atoms with E-state index < -0.39 is 17.6 Å². The van der Waals surface area contributed by atoms with E-state index in [0.29, 0.717) is 11.3 Å². The molecule has 0 saturated heterocycles. The average Bonchev–Trinajstić information content (AvgIpc) is 2.72. The van der Waals surface area contributed by atoms with Crippen LogP contribution in [0.4, 0.5) is 10.1 Å². The molecule has 154 valence electrons. The Morgan fingerprint density at radius 3 is 2.23 bits per heavy atom. The van der Waals surface area contributed by atoms with Gasteiger partial charge in [0.05, 0.1) is 22.7 Å². The number of primary amides is 1. The van der Waals surface area contributed by atoms with Gasteiger partial charge in [0.1, 0.15) is 11.6 Å². The molecule has 0 heterocycles. The molecule has 0 unspecified atom stereocenters. The lowest BCUT2D eigenvalue weighted by molar-refractivity contribution is 0.0998. The highest BCUT2D eigenvalue weighted by Crippen LogP contribution is 2.37. The van der Waals surface area contributed by atoms with Gasteiger partial charge in [-0.25, -0.2) is 4.39 Å². The van der Waals surface area contributed by atoms with Crippen LogP contribution in [-0.4, -0.2) is 18.9 Å². The van der Waals surface area contributed by atoms with E-state index in [1.807, 2.05) is 0 Å². The van der Waals surface area contributed by atoms with Crippen LogP contribution in [0.5, 0.6) is 17.2 Å². The van der Waals surface area contributed by atoms with Crippen LogP contribution in [0.3, 0.4) is 0 Å². The van der Waals surface area contributed by atoms with Gasteiger partial charge >= 0.3 is 0 Å². The van der Waals surface area contributed by atoms with Crippen LogP contribution in [0.15, 0.2) is 54.6 Å². The van der Waals surface area contributed by atoms with Crippen LogP contribution in [0.25, 0.3) is 0 Å². The Morgan fingerprint density at radius 1 is 0.933 bits per heavy atom. The van der Waals surface area contributed by atoms with Gasteiger partial charge in [0.2, 0.25) is 5.91 Å². The molecule has 9 heteroatoms. The van der Waals surface area contributed by atoms with E-state index in [1.165, 1.54) is 55.6 Å². The molecule has 0 radical (unpaired) electrons. The van der Waals surface area contributed by atoms with Gasteiger partial charge in [0, 0.05) is 23.4 Å². The van der Waals surface area contributed by atoms with Crippen molar-refractivity contribution in [3.63, 3.8) is 0 Å². The quantitative estimate of drug-likeness (QED) is 0.536. The van der Waals surface area contributed by atoms with Crippen molar-refractivity contribution in [3.8, 4) is 17.2 Å². The zero-order valence-corrected chi connectivity index (χ0v) is 17.1. The van der Waals surface area contributed by atoms with E-state index >= 15 is 0 Å². The van der Waals surface area contributed by atoms with E-state index in [4.69, 9.17) is 38.4 Å². The van der Waals surface area contributed by atoms with Gasteiger partial charge in [0.15, 0.2) is 11.5 Å². The summed E-state index contributed by atoms with van der Waals surface area (Å²) in [6.07, 6.45) is 0. The normalized spacial score (nSPS) is 10.4. The lowest BCUT2D eigenvalue weighted by Gasteiger charge is -2.15. The summed E-state index contributed by atoms with van der Waals surface area (Å²) in [7, 11) is 1.36. The van der Waals surface area contributed by atoms with Crippen molar-refractivity contribution in [1.82, 2.24) is 0 Å². The number of carbonyl (C=O) groups excluding carboxylic acids is 2. The SMILES string of the molecule is COc1cc(F)ccc1Oc1cc(Cl)c(Cl)cc1C(=O)Nc1ccc(C(N)=O)cc1. The number of anilines is 1. The molecule has 0 aliphatic heterocycles. The van der Waals surface area contributed by atoms with Crippen LogP contribution >= 0.6 is 23.2 Å². The molecule has 30 heavy (non-hydrogen) atoms. The van der Waals surface area contributed by atoms with Crippen molar-refractivity contribution >= 4 is 40.7 Å². The number of hydrogen-bond acceptors (Lipinski definition) is 4. The first kappa shape index (κ1) is 21.4. The van der Waals surface area contributed by atoms with Gasteiger partial charge in [-0.15, -0.1) is 0 Å². The predicted molar refractivity (Wildman–Crippen MR) is 112 cm³/mol. The number of hydrogen-bond donors (Lipinski definition) is 2. The number of amides is 2. The number of halogens is 3. The van der Waals surface area contributed by atoms with Crippen molar-refractivity contribution in [1.29, 1.82) is 0 Å². The highest BCUT2D eigenvalue weighted by Gasteiger charge is 2.19. The summed E-state index contributed by atoms with van der Waals surface area (Å²) in [5, 5.41) is 2.98. The lowest BCUT2D eigenvalue weighted by Crippen LogP contribution is -2.14. The van der Waals surface area contributed by atoms with Crippen LogP contribution in [0, 0.1) is 5.82 Å². The summed E-state index contributed by atoms with van der Waals surface area (Å²) >= 11 is 12.2. The first-order valence-corrected chi connectivity index (χ1v) is 9.25. The third-order valence-corrected chi connectivity index (χ3v) is 4.76. The summed E-state index contributed by atoms with van der Waals surface area (Å²) < 4.78 is 24.3. The van der Waals surface area contributed by atoms with E-state index in [0.717, 1.165) is 6.07 Å². The third kappa shape index (κ3) is 4.82. The van der Waals surface area contributed by atoms with Gasteiger partial charge in [0.25, 0.3) is 5.91 Å². The van der Waals surface area contributed by atoms with Crippen LogP contribution in [-0.2, 0) is 0 Å². The van der Waals surface area contributed by atoms with Gasteiger partial charge < -0.3 is 20.5 Å². The smallest absolute Gasteiger partial charge is 0.259 e.